The van der Waals surface area contributed by atoms with E-state index in [0.717, 1.165) is 17.7 Å². The Morgan fingerprint density at radius 3 is 2.67 bits per heavy atom. The van der Waals surface area contributed by atoms with E-state index in [-0.39, 0.29) is 0 Å². The number of pyridine rings is 1. The number of carboxylic acid groups (broad SMARTS) is 1. The number of nitrogens with zero attached hydrogens (tertiary/aromatic N) is 3. The first-order valence-electron chi connectivity index (χ1n) is 6.85. The summed E-state index contributed by atoms with van der Waals surface area (Å²) >= 11 is 0. The molecule has 0 saturated carbocycles. The fraction of sp³-hybridized carbons (Fsp3) is 0.333. The number of nitrogens with one attached hydrogen (secondary N) is 1. The fourth-order valence-corrected chi connectivity index (χ4v) is 2.00. The maximum Gasteiger partial charge on any atom is 0.326 e. The normalized spacial score (nSPS) is 11.9. The van der Waals surface area contributed by atoms with Crippen LogP contribution < -0.4 is 5.32 Å². The number of carbonyl (C=O) groups is 1. The highest BCUT2D eigenvalue weighted by molar-refractivity contribution is 5.77. The Hall–Kier alpha value is -2.50. The first-order valence-corrected chi connectivity index (χ1v) is 6.85. The number of hydrogen-bond acceptors (Lipinski definition) is 5. The number of hydrogen-bond donors (Lipinski definition) is 2. The van der Waals surface area contributed by atoms with Gasteiger partial charge in [-0.25, -0.2) is 14.8 Å². The molecule has 0 bridgehead atoms. The van der Waals surface area contributed by atoms with Gasteiger partial charge >= 0.3 is 5.97 Å². The smallest absolute Gasteiger partial charge is 0.326 e. The highest BCUT2D eigenvalue weighted by Crippen LogP contribution is 2.18. The lowest BCUT2D eigenvalue weighted by molar-refractivity contribution is -0.138. The third-order valence-corrected chi connectivity index (χ3v) is 2.99. The van der Waals surface area contributed by atoms with Gasteiger partial charge in [-0.05, 0) is 25.5 Å². The molecule has 0 radical (unpaired) electrons. The van der Waals surface area contributed by atoms with E-state index < -0.39 is 12.0 Å². The van der Waals surface area contributed by atoms with Gasteiger partial charge < -0.3 is 10.4 Å². The average Bonchev–Trinajstić information content (AvgIpc) is 2.47. The third-order valence-electron chi connectivity index (χ3n) is 2.99. The van der Waals surface area contributed by atoms with E-state index in [1.54, 1.807) is 18.5 Å². The molecule has 110 valence electrons. The monoisotopic (exact) mass is 286 g/mol. The second-order valence-corrected chi connectivity index (χ2v) is 4.78. The van der Waals surface area contributed by atoms with E-state index in [1.165, 1.54) is 0 Å². The van der Waals surface area contributed by atoms with E-state index in [2.05, 4.69) is 20.3 Å². The summed E-state index contributed by atoms with van der Waals surface area (Å²) in [4.78, 5) is 24.0. The van der Waals surface area contributed by atoms with Crippen LogP contribution in [0.4, 0.5) is 5.82 Å². The minimum atomic E-state index is -0.876. The molecule has 0 aliphatic rings. The van der Waals surface area contributed by atoms with Gasteiger partial charge in [0.1, 0.15) is 11.9 Å². The van der Waals surface area contributed by atoms with Crippen molar-refractivity contribution in [3.63, 3.8) is 0 Å². The molecule has 0 saturated heterocycles. The predicted octanol–water partition coefficient (Wildman–Crippen LogP) is 2.51. The van der Waals surface area contributed by atoms with Crippen molar-refractivity contribution in [1.29, 1.82) is 0 Å². The van der Waals surface area contributed by atoms with Gasteiger partial charge in [-0.3, -0.25) is 4.98 Å². The van der Waals surface area contributed by atoms with E-state index >= 15 is 0 Å². The minimum absolute atomic E-state index is 0.523. The van der Waals surface area contributed by atoms with Crippen LogP contribution in [0.1, 0.15) is 25.5 Å². The largest absolute Gasteiger partial charge is 0.480 e. The Balaban J connectivity index is 2.29. The lowest BCUT2D eigenvalue weighted by Gasteiger charge is -2.15. The van der Waals surface area contributed by atoms with Crippen molar-refractivity contribution in [2.75, 3.05) is 5.32 Å². The Morgan fingerprint density at radius 2 is 2.05 bits per heavy atom. The highest BCUT2D eigenvalue weighted by Gasteiger charge is 2.17. The summed E-state index contributed by atoms with van der Waals surface area (Å²) in [5, 5.41) is 12.2. The summed E-state index contributed by atoms with van der Waals surface area (Å²) in [6.45, 7) is 3.80. The van der Waals surface area contributed by atoms with Crippen LogP contribution in [-0.2, 0) is 4.79 Å². The second kappa shape index (κ2) is 6.78. The maximum atomic E-state index is 11.2. The lowest BCUT2D eigenvalue weighted by atomic mass is 10.1. The summed E-state index contributed by atoms with van der Waals surface area (Å²) in [6, 6.07) is 4.74. The van der Waals surface area contributed by atoms with Crippen molar-refractivity contribution in [1.82, 2.24) is 15.0 Å². The highest BCUT2D eigenvalue weighted by atomic mass is 16.4. The van der Waals surface area contributed by atoms with Crippen LogP contribution in [-0.4, -0.2) is 32.1 Å². The Morgan fingerprint density at radius 1 is 1.33 bits per heavy atom. The van der Waals surface area contributed by atoms with Gasteiger partial charge in [0.15, 0.2) is 5.82 Å². The first-order chi connectivity index (χ1) is 10.1. The van der Waals surface area contributed by atoms with E-state index in [1.807, 2.05) is 26.0 Å². The van der Waals surface area contributed by atoms with Crippen LogP contribution in [0.25, 0.3) is 11.4 Å². The topological polar surface area (TPSA) is 88.0 Å². The van der Waals surface area contributed by atoms with Crippen molar-refractivity contribution in [2.45, 2.75) is 32.7 Å². The summed E-state index contributed by atoms with van der Waals surface area (Å²) in [7, 11) is 0. The van der Waals surface area contributed by atoms with Crippen LogP contribution >= 0.6 is 0 Å². The molecule has 2 heterocycles. The molecule has 2 aromatic heterocycles. The third kappa shape index (κ3) is 3.98. The molecule has 0 aliphatic heterocycles. The van der Waals surface area contributed by atoms with Crippen LogP contribution in [0.15, 0.2) is 30.6 Å². The molecule has 2 N–H and O–H groups in total. The van der Waals surface area contributed by atoms with Crippen molar-refractivity contribution < 1.29 is 9.90 Å². The molecule has 6 nitrogen and oxygen atoms in total. The molecule has 1 atom stereocenters. The van der Waals surface area contributed by atoms with Gasteiger partial charge in [0, 0.05) is 29.7 Å². The minimum Gasteiger partial charge on any atom is -0.480 e. The molecule has 0 spiro atoms. The van der Waals surface area contributed by atoms with Crippen molar-refractivity contribution in [3.05, 3.63) is 36.3 Å². The molecular formula is C15H18N4O2. The molecular weight excluding hydrogens is 268 g/mol. The van der Waals surface area contributed by atoms with Crippen LogP contribution in [0, 0.1) is 6.92 Å². The zero-order valence-electron chi connectivity index (χ0n) is 12.1. The first kappa shape index (κ1) is 14.9. The predicted molar refractivity (Wildman–Crippen MR) is 80.0 cm³/mol. The molecule has 0 aliphatic carbocycles. The fourth-order valence-electron chi connectivity index (χ4n) is 2.00. The standard InChI is InChI=1S/C15H18N4O2/c1-3-4-12(15(20)21)18-13-9-10(2)17-14(19-13)11-5-7-16-8-6-11/h5-9,12H,3-4H2,1-2H3,(H,20,21)(H,17,18,19). The summed E-state index contributed by atoms with van der Waals surface area (Å²) in [5.74, 6) is 0.203. The number of aliphatic carboxylic acids is 1. The number of aromatic nitrogens is 3. The van der Waals surface area contributed by atoms with Gasteiger partial charge in [0.25, 0.3) is 0 Å². The van der Waals surface area contributed by atoms with Gasteiger partial charge in [0.2, 0.25) is 0 Å². The molecule has 0 aromatic carbocycles. The van der Waals surface area contributed by atoms with Gasteiger partial charge in [0.05, 0.1) is 0 Å². The van der Waals surface area contributed by atoms with Gasteiger partial charge in [-0.2, -0.15) is 0 Å². The van der Waals surface area contributed by atoms with E-state index in [4.69, 9.17) is 0 Å². The quantitative estimate of drug-likeness (QED) is 0.848. The number of anilines is 1. The molecule has 0 amide bonds. The zero-order chi connectivity index (χ0) is 15.2. The maximum absolute atomic E-state index is 11.2. The SMILES string of the molecule is CCCC(Nc1cc(C)nc(-c2ccncc2)n1)C(=O)O. The van der Waals surface area contributed by atoms with Crippen molar-refractivity contribution in [2.24, 2.45) is 0 Å². The van der Waals surface area contributed by atoms with Crippen molar-refractivity contribution in [3.8, 4) is 11.4 Å². The zero-order valence-corrected chi connectivity index (χ0v) is 12.1. The Labute approximate surface area is 123 Å². The van der Waals surface area contributed by atoms with Gasteiger partial charge in [-0.1, -0.05) is 13.3 Å². The molecule has 2 rings (SSSR count). The summed E-state index contributed by atoms with van der Waals surface area (Å²) in [6.07, 6.45) is 4.67. The van der Waals surface area contributed by atoms with E-state index in [9.17, 15) is 9.90 Å². The summed E-state index contributed by atoms with van der Waals surface area (Å²) < 4.78 is 0. The number of carboxylic acids is 1. The van der Waals surface area contributed by atoms with Crippen LogP contribution in [0.5, 0.6) is 0 Å². The van der Waals surface area contributed by atoms with Gasteiger partial charge in [-0.15, -0.1) is 0 Å². The molecule has 1 unspecified atom stereocenters. The van der Waals surface area contributed by atoms with Crippen LogP contribution in [0.2, 0.25) is 0 Å². The molecule has 2 aromatic rings. The Bertz CT molecular complexity index is 616. The second-order valence-electron chi connectivity index (χ2n) is 4.78. The average molecular weight is 286 g/mol. The summed E-state index contributed by atoms with van der Waals surface area (Å²) in [5.41, 5.74) is 1.62. The van der Waals surface area contributed by atoms with E-state index in [0.29, 0.717) is 18.1 Å². The number of aryl methyl sites for hydroxylation is 1. The Kier molecular flexibility index (Phi) is 4.81. The van der Waals surface area contributed by atoms with Crippen LogP contribution in [0.3, 0.4) is 0 Å². The molecule has 0 fully saturated rings. The number of rotatable bonds is 6. The molecule has 21 heavy (non-hydrogen) atoms. The van der Waals surface area contributed by atoms with Crippen molar-refractivity contribution >= 4 is 11.8 Å². The molecule has 6 heteroatoms. The lowest BCUT2D eigenvalue weighted by Crippen LogP contribution is -2.29.